The van der Waals surface area contributed by atoms with Crippen LogP contribution in [0.1, 0.15) is 11.4 Å². The van der Waals surface area contributed by atoms with E-state index in [-0.39, 0.29) is 23.7 Å². The minimum Gasteiger partial charge on any atom is -0.509 e. The smallest absolute Gasteiger partial charge is 0.152 e. The molecule has 1 aromatic heterocycles. The van der Waals surface area contributed by atoms with Crippen molar-refractivity contribution in [2.45, 2.75) is 6.54 Å². The number of aromatic amines is 1. The Hall–Kier alpha value is -3.17. The number of hydrogen-bond acceptors (Lipinski definition) is 4. The van der Waals surface area contributed by atoms with Gasteiger partial charge in [0.25, 0.3) is 0 Å². The quantitative estimate of drug-likeness (QED) is 0.551. The fourth-order valence-corrected chi connectivity index (χ4v) is 2.63. The third-order valence-electron chi connectivity index (χ3n) is 3.84. The van der Waals surface area contributed by atoms with Gasteiger partial charge in [-0.1, -0.05) is 30.3 Å². The minimum atomic E-state index is -0.296. The van der Waals surface area contributed by atoms with E-state index in [2.05, 4.69) is 9.97 Å². The minimum absolute atomic E-state index is 0.0802. The second-order valence-electron chi connectivity index (χ2n) is 5.80. The van der Waals surface area contributed by atoms with Crippen molar-refractivity contribution in [2.24, 2.45) is 0 Å². The summed E-state index contributed by atoms with van der Waals surface area (Å²) in [5.74, 6) is -0.0866. The average Bonchev–Trinajstić information content (AvgIpc) is 3.01. The van der Waals surface area contributed by atoms with Crippen molar-refractivity contribution in [2.75, 3.05) is 13.6 Å². The molecule has 2 aromatic carbocycles. The van der Waals surface area contributed by atoms with Crippen LogP contribution in [0.3, 0.4) is 0 Å². The molecule has 0 saturated heterocycles. The van der Waals surface area contributed by atoms with Gasteiger partial charge in [0.1, 0.15) is 23.2 Å². The normalized spacial score (nSPS) is 12.2. The third-order valence-corrected chi connectivity index (χ3v) is 3.84. The Balaban J connectivity index is 1.82. The van der Waals surface area contributed by atoms with Gasteiger partial charge in [-0.25, -0.2) is 9.37 Å². The highest BCUT2D eigenvalue weighted by atomic mass is 19.1. The van der Waals surface area contributed by atoms with Gasteiger partial charge in [-0.2, -0.15) is 5.26 Å². The maximum Gasteiger partial charge on any atom is 0.152 e. The largest absolute Gasteiger partial charge is 0.509 e. The molecule has 0 saturated carbocycles. The summed E-state index contributed by atoms with van der Waals surface area (Å²) in [6.45, 7) is 0.420. The van der Waals surface area contributed by atoms with E-state index in [0.717, 1.165) is 11.0 Å². The third kappa shape index (κ3) is 3.67. The van der Waals surface area contributed by atoms with Crippen LogP contribution in [0, 0.1) is 17.1 Å². The Morgan fingerprint density at radius 2 is 1.96 bits per heavy atom. The number of rotatable bonds is 5. The first-order valence-electron chi connectivity index (χ1n) is 7.77. The topological polar surface area (TPSA) is 75.9 Å². The number of nitrogens with zero attached hydrogens (tertiary/aromatic N) is 3. The van der Waals surface area contributed by atoms with Crippen molar-refractivity contribution in [1.29, 1.82) is 5.26 Å². The molecule has 0 aliphatic rings. The molecule has 25 heavy (non-hydrogen) atoms. The van der Waals surface area contributed by atoms with E-state index in [1.165, 1.54) is 6.07 Å². The van der Waals surface area contributed by atoms with Crippen molar-refractivity contribution in [3.63, 3.8) is 0 Å². The Kier molecular flexibility index (Phi) is 4.78. The van der Waals surface area contributed by atoms with E-state index >= 15 is 0 Å². The molecule has 5 nitrogen and oxygen atoms in total. The second kappa shape index (κ2) is 7.16. The zero-order valence-corrected chi connectivity index (χ0v) is 13.7. The Morgan fingerprint density at radius 3 is 2.68 bits per heavy atom. The number of imidazole rings is 1. The van der Waals surface area contributed by atoms with Gasteiger partial charge >= 0.3 is 0 Å². The molecular formula is C19H17FN4O. The average molecular weight is 336 g/mol. The Morgan fingerprint density at radius 1 is 1.24 bits per heavy atom. The standard InChI is InChI=1S/C19H17FN4O/c1-24(11-13-6-2-3-7-15(13)20)12-18(25)14(10-21)19-22-16-8-4-5-9-17(16)23-19/h2-9,25H,11-12H2,1H3,(H,22,23)/b18-14-. The second-order valence-corrected chi connectivity index (χ2v) is 5.80. The molecule has 2 N–H and O–H groups in total. The number of allylic oxidation sites excluding steroid dienone is 1. The molecule has 0 aliphatic carbocycles. The van der Waals surface area contributed by atoms with E-state index in [4.69, 9.17) is 0 Å². The summed E-state index contributed by atoms with van der Waals surface area (Å²) in [6, 6.07) is 15.9. The fourth-order valence-electron chi connectivity index (χ4n) is 2.63. The number of likely N-dealkylation sites (N-methyl/N-ethyl adjacent to an activating group) is 1. The van der Waals surface area contributed by atoms with Crippen molar-refractivity contribution in [3.05, 3.63) is 71.5 Å². The number of nitriles is 1. The maximum atomic E-state index is 13.7. The first-order valence-corrected chi connectivity index (χ1v) is 7.77. The summed E-state index contributed by atoms with van der Waals surface area (Å²) >= 11 is 0. The van der Waals surface area contributed by atoms with Gasteiger partial charge in [0.2, 0.25) is 0 Å². The number of aliphatic hydroxyl groups excluding tert-OH is 1. The van der Waals surface area contributed by atoms with Gasteiger partial charge in [0.05, 0.1) is 17.6 Å². The number of aliphatic hydroxyl groups is 1. The van der Waals surface area contributed by atoms with E-state index in [0.29, 0.717) is 17.9 Å². The van der Waals surface area contributed by atoms with E-state index in [9.17, 15) is 14.8 Å². The first kappa shape index (κ1) is 16.7. The van der Waals surface area contributed by atoms with Crippen LogP contribution in [0.25, 0.3) is 16.6 Å². The Bertz CT molecular complexity index is 938. The molecule has 3 rings (SSSR count). The molecule has 6 heteroatoms. The van der Waals surface area contributed by atoms with Crippen molar-refractivity contribution in [3.8, 4) is 6.07 Å². The number of halogens is 1. The number of aromatic nitrogens is 2. The lowest BCUT2D eigenvalue weighted by atomic mass is 10.2. The van der Waals surface area contributed by atoms with Crippen LogP contribution in [-0.4, -0.2) is 33.6 Å². The summed E-state index contributed by atoms with van der Waals surface area (Å²) in [6.07, 6.45) is 0. The number of benzene rings is 2. The number of nitrogens with one attached hydrogen (secondary N) is 1. The number of para-hydroxylation sites is 2. The summed E-state index contributed by atoms with van der Waals surface area (Å²) in [5.41, 5.74) is 2.12. The maximum absolute atomic E-state index is 13.7. The monoisotopic (exact) mass is 336 g/mol. The lowest BCUT2D eigenvalue weighted by Gasteiger charge is -2.17. The lowest BCUT2D eigenvalue weighted by Crippen LogP contribution is -2.22. The number of hydrogen-bond donors (Lipinski definition) is 2. The van der Waals surface area contributed by atoms with Gasteiger partial charge < -0.3 is 10.1 Å². The molecule has 0 atom stereocenters. The van der Waals surface area contributed by atoms with Crippen molar-refractivity contribution in [1.82, 2.24) is 14.9 Å². The van der Waals surface area contributed by atoms with Gasteiger partial charge in [-0.05, 0) is 25.2 Å². The molecule has 1 heterocycles. The fraction of sp³-hybridized carbons (Fsp3) is 0.158. The van der Waals surface area contributed by atoms with Crippen molar-refractivity contribution >= 4 is 16.6 Å². The predicted octanol–water partition coefficient (Wildman–Crippen LogP) is 3.63. The highest BCUT2D eigenvalue weighted by Gasteiger charge is 2.15. The van der Waals surface area contributed by atoms with E-state index in [1.807, 2.05) is 30.3 Å². The van der Waals surface area contributed by atoms with Crippen LogP contribution in [-0.2, 0) is 6.54 Å². The highest BCUT2D eigenvalue weighted by Crippen LogP contribution is 2.19. The molecule has 0 unspecified atom stereocenters. The van der Waals surface area contributed by atoms with Crippen LogP contribution in [0.4, 0.5) is 4.39 Å². The Labute approximate surface area is 144 Å². The molecule has 0 amide bonds. The zero-order valence-electron chi connectivity index (χ0n) is 13.7. The van der Waals surface area contributed by atoms with Crippen LogP contribution in [0.15, 0.2) is 54.3 Å². The van der Waals surface area contributed by atoms with Gasteiger partial charge in [0, 0.05) is 12.1 Å². The molecule has 0 aliphatic heterocycles. The first-order chi connectivity index (χ1) is 12.1. The lowest BCUT2D eigenvalue weighted by molar-refractivity contribution is 0.283. The molecular weight excluding hydrogens is 319 g/mol. The van der Waals surface area contributed by atoms with E-state index < -0.39 is 0 Å². The number of H-pyrrole nitrogens is 1. The zero-order chi connectivity index (χ0) is 17.8. The highest BCUT2D eigenvalue weighted by molar-refractivity contribution is 5.82. The molecule has 3 aromatic rings. The summed E-state index contributed by atoms with van der Waals surface area (Å²) in [7, 11) is 1.75. The molecule has 126 valence electrons. The van der Waals surface area contributed by atoms with Crippen LogP contribution >= 0.6 is 0 Å². The molecule has 0 bridgehead atoms. The van der Waals surface area contributed by atoms with Crippen LogP contribution in [0.5, 0.6) is 0 Å². The van der Waals surface area contributed by atoms with Gasteiger partial charge in [-0.3, -0.25) is 4.90 Å². The molecule has 0 spiro atoms. The SMILES string of the molecule is CN(C/C(O)=C(\C#N)c1nc2ccccc2[nH]1)Cc1ccccc1F. The van der Waals surface area contributed by atoms with Crippen molar-refractivity contribution < 1.29 is 9.50 Å². The van der Waals surface area contributed by atoms with Crippen LogP contribution < -0.4 is 0 Å². The molecule has 0 radical (unpaired) electrons. The van der Waals surface area contributed by atoms with Crippen LogP contribution in [0.2, 0.25) is 0 Å². The summed E-state index contributed by atoms with van der Waals surface area (Å²) in [4.78, 5) is 9.10. The van der Waals surface area contributed by atoms with E-state index in [1.54, 1.807) is 30.1 Å². The summed E-state index contributed by atoms with van der Waals surface area (Å²) in [5, 5.41) is 19.8. The number of fused-ring (bicyclic) bond motifs is 1. The van der Waals surface area contributed by atoms with Gasteiger partial charge in [-0.15, -0.1) is 0 Å². The molecule has 0 fully saturated rings. The summed E-state index contributed by atoms with van der Waals surface area (Å²) < 4.78 is 13.7. The predicted molar refractivity (Wildman–Crippen MR) is 94.0 cm³/mol. The van der Waals surface area contributed by atoms with Gasteiger partial charge in [0.15, 0.2) is 5.82 Å².